The second-order valence-corrected chi connectivity index (χ2v) is 3.34. The van der Waals surface area contributed by atoms with Crippen LogP contribution in [0.4, 0.5) is 8.78 Å². The van der Waals surface area contributed by atoms with Gasteiger partial charge in [-0.15, -0.1) is 0 Å². The van der Waals surface area contributed by atoms with Crippen LogP contribution in [0.1, 0.15) is 25.3 Å². The number of benzene rings is 1. The van der Waals surface area contributed by atoms with Gasteiger partial charge in [-0.2, -0.15) is 0 Å². The van der Waals surface area contributed by atoms with Gasteiger partial charge in [-0.05, 0) is 12.0 Å². The van der Waals surface area contributed by atoms with Gasteiger partial charge in [0, 0.05) is 0 Å². The minimum absolute atomic E-state index is 0.0781. The quantitative estimate of drug-likeness (QED) is 0.792. The molecule has 0 radical (unpaired) electrons. The molecular weight excluding hydrogens is 186 g/mol. The normalized spacial score (nSPS) is 15.5. The van der Waals surface area contributed by atoms with Gasteiger partial charge in [0.25, 0.3) is 6.43 Å². The fourth-order valence-corrected chi connectivity index (χ4v) is 1.49. The Labute approximate surface area is 82.4 Å². The van der Waals surface area contributed by atoms with Crippen molar-refractivity contribution >= 4 is 0 Å². The van der Waals surface area contributed by atoms with Gasteiger partial charge in [-0.25, -0.2) is 8.78 Å². The molecule has 0 bridgehead atoms. The van der Waals surface area contributed by atoms with Crippen molar-refractivity contribution in [3.63, 3.8) is 0 Å². The summed E-state index contributed by atoms with van der Waals surface area (Å²) in [6.07, 6.45) is -2.14. The molecular formula is C11H14F2O. The van der Waals surface area contributed by atoms with E-state index in [2.05, 4.69) is 0 Å². The van der Waals surface area contributed by atoms with Crippen molar-refractivity contribution in [1.82, 2.24) is 0 Å². The van der Waals surface area contributed by atoms with Crippen molar-refractivity contribution in [3.8, 4) is 0 Å². The fourth-order valence-electron chi connectivity index (χ4n) is 1.49. The average Bonchev–Trinajstić information content (AvgIpc) is 2.19. The second kappa shape index (κ2) is 4.51. The summed E-state index contributed by atoms with van der Waals surface area (Å²) in [5, 5.41) is 9.81. The van der Waals surface area contributed by atoms with Gasteiger partial charge in [-0.3, -0.25) is 0 Å². The van der Waals surface area contributed by atoms with Crippen LogP contribution in [0.3, 0.4) is 0 Å². The first-order valence-corrected chi connectivity index (χ1v) is 4.67. The summed E-state index contributed by atoms with van der Waals surface area (Å²) in [5.41, 5.74) is -1.70. The molecule has 1 atom stereocenters. The van der Waals surface area contributed by atoms with Crippen molar-refractivity contribution in [2.24, 2.45) is 0 Å². The molecule has 0 aliphatic heterocycles. The van der Waals surface area contributed by atoms with Crippen LogP contribution in [0, 0.1) is 0 Å². The molecule has 1 aromatic rings. The SMILES string of the molecule is CCCC(O)(c1ccccc1)C(F)F. The summed E-state index contributed by atoms with van der Waals surface area (Å²) in [6, 6.07) is 8.10. The summed E-state index contributed by atoms with van der Waals surface area (Å²) in [7, 11) is 0. The van der Waals surface area contributed by atoms with Crippen molar-refractivity contribution < 1.29 is 13.9 Å². The molecule has 0 heterocycles. The maximum absolute atomic E-state index is 12.7. The molecule has 1 aromatic carbocycles. The van der Waals surface area contributed by atoms with Crippen molar-refractivity contribution in [1.29, 1.82) is 0 Å². The standard InChI is InChI=1S/C11H14F2O/c1-2-8-11(14,10(12)13)9-6-4-3-5-7-9/h3-7,10,14H,2,8H2,1H3. The molecule has 1 rings (SSSR count). The number of aliphatic hydroxyl groups is 1. The molecule has 1 N–H and O–H groups in total. The molecule has 1 unspecified atom stereocenters. The molecule has 3 heteroatoms. The maximum Gasteiger partial charge on any atom is 0.270 e. The number of rotatable bonds is 4. The van der Waals surface area contributed by atoms with E-state index in [0.29, 0.717) is 6.42 Å². The van der Waals surface area contributed by atoms with Crippen LogP contribution in [0.2, 0.25) is 0 Å². The Bertz CT molecular complexity index is 274. The summed E-state index contributed by atoms with van der Waals surface area (Å²) < 4.78 is 25.4. The third-order valence-corrected chi connectivity index (χ3v) is 2.27. The predicted octanol–water partition coefficient (Wildman–Crippen LogP) is 2.94. The highest BCUT2D eigenvalue weighted by molar-refractivity contribution is 5.22. The number of hydrogen-bond donors (Lipinski definition) is 1. The van der Waals surface area contributed by atoms with E-state index in [1.165, 1.54) is 12.1 Å². The van der Waals surface area contributed by atoms with Crippen LogP contribution in [-0.4, -0.2) is 11.5 Å². The fraction of sp³-hybridized carbons (Fsp3) is 0.455. The number of halogens is 2. The highest BCUT2D eigenvalue weighted by Crippen LogP contribution is 2.32. The maximum atomic E-state index is 12.7. The summed E-state index contributed by atoms with van der Waals surface area (Å²) in [5.74, 6) is 0. The Kier molecular flexibility index (Phi) is 3.58. The van der Waals surface area contributed by atoms with Gasteiger partial charge >= 0.3 is 0 Å². The molecule has 0 fully saturated rings. The smallest absolute Gasteiger partial charge is 0.270 e. The summed E-state index contributed by atoms with van der Waals surface area (Å²) in [6.45, 7) is 1.77. The third-order valence-electron chi connectivity index (χ3n) is 2.27. The molecule has 78 valence electrons. The van der Waals surface area contributed by atoms with E-state index < -0.39 is 12.0 Å². The Balaban J connectivity index is 2.99. The van der Waals surface area contributed by atoms with Gasteiger partial charge in [0.1, 0.15) is 5.60 Å². The molecule has 0 aromatic heterocycles. The van der Waals surface area contributed by atoms with E-state index in [1.807, 2.05) is 0 Å². The van der Waals surface area contributed by atoms with Crippen molar-refractivity contribution in [3.05, 3.63) is 35.9 Å². The van der Waals surface area contributed by atoms with E-state index >= 15 is 0 Å². The lowest BCUT2D eigenvalue weighted by atomic mass is 9.90. The lowest BCUT2D eigenvalue weighted by Crippen LogP contribution is -2.33. The average molecular weight is 200 g/mol. The highest BCUT2D eigenvalue weighted by atomic mass is 19.3. The van der Waals surface area contributed by atoms with Gasteiger partial charge in [0.05, 0.1) is 0 Å². The van der Waals surface area contributed by atoms with E-state index in [0.717, 1.165) is 0 Å². The Morgan fingerprint density at radius 1 is 1.29 bits per heavy atom. The molecule has 1 nitrogen and oxygen atoms in total. The lowest BCUT2D eigenvalue weighted by molar-refractivity contribution is -0.107. The number of hydrogen-bond acceptors (Lipinski definition) is 1. The van der Waals surface area contributed by atoms with Crippen LogP contribution in [0.25, 0.3) is 0 Å². The predicted molar refractivity (Wildman–Crippen MR) is 51.3 cm³/mol. The van der Waals surface area contributed by atoms with Gasteiger partial charge < -0.3 is 5.11 Å². The first-order valence-electron chi connectivity index (χ1n) is 4.67. The first-order chi connectivity index (χ1) is 6.61. The van der Waals surface area contributed by atoms with Crippen LogP contribution in [-0.2, 0) is 5.60 Å². The van der Waals surface area contributed by atoms with Gasteiger partial charge in [0.15, 0.2) is 0 Å². The molecule has 0 amide bonds. The van der Waals surface area contributed by atoms with Crippen LogP contribution in [0.15, 0.2) is 30.3 Å². The van der Waals surface area contributed by atoms with E-state index in [4.69, 9.17) is 0 Å². The minimum atomic E-state index is -2.75. The largest absolute Gasteiger partial charge is 0.379 e. The first kappa shape index (κ1) is 11.1. The topological polar surface area (TPSA) is 20.2 Å². The summed E-state index contributed by atoms with van der Waals surface area (Å²) in [4.78, 5) is 0. The van der Waals surface area contributed by atoms with Crippen LogP contribution < -0.4 is 0 Å². The highest BCUT2D eigenvalue weighted by Gasteiger charge is 2.38. The van der Waals surface area contributed by atoms with Gasteiger partial charge in [0.2, 0.25) is 0 Å². The van der Waals surface area contributed by atoms with Crippen LogP contribution >= 0.6 is 0 Å². The van der Waals surface area contributed by atoms with E-state index in [9.17, 15) is 13.9 Å². The zero-order chi connectivity index (χ0) is 10.6. The molecule has 0 saturated carbocycles. The van der Waals surface area contributed by atoms with Gasteiger partial charge in [-0.1, -0.05) is 43.7 Å². The van der Waals surface area contributed by atoms with E-state index in [-0.39, 0.29) is 12.0 Å². The molecule has 0 aliphatic carbocycles. The number of alkyl halides is 2. The molecule has 14 heavy (non-hydrogen) atoms. The zero-order valence-corrected chi connectivity index (χ0v) is 8.08. The second-order valence-electron chi connectivity index (χ2n) is 3.34. The third kappa shape index (κ3) is 2.10. The van der Waals surface area contributed by atoms with Crippen molar-refractivity contribution in [2.45, 2.75) is 31.8 Å². The van der Waals surface area contributed by atoms with E-state index in [1.54, 1.807) is 25.1 Å². The Morgan fingerprint density at radius 3 is 2.29 bits per heavy atom. The zero-order valence-electron chi connectivity index (χ0n) is 8.08. The van der Waals surface area contributed by atoms with Crippen LogP contribution in [0.5, 0.6) is 0 Å². The monoisotopic (exact) mass is 200 g/mol. The molecule has 0 aliphatic rings. The minimum Gasteiger partial charge on any atom is -0.379 e. The van der Waals surface area contributed by atoms with Crippen molar-refractivity contribution in [2.75, 3.05) is 0 Å². The Morgan fingerprint density at radius 2 is 1.86 bits per heavy atom. The molecule has 0 spiro atoms. The summed E-state index contributed by atoms with van der Waals surface area (Å²) >= 11 is 0. The lowest BCUT2D eigenvalue weighted by Gasteiger charge is -2.27. The Hall–Kier alpha value is -0.960. The molecule has 0 saturated heterocycles.